The Hall–Kier alpha value is -2.66. The fourth-order valence-electron chi connectivity index (χ4n) is 3.11. The van der Waals surface area contributed by atoms with Crippen LogP contribution < -0.4 is 15.5 Å². The van der Waals surface area contributed by atoms with Crippen LogP contribution in [0.2, 0.25) is 0 Å². The summed E-state index contributed by atoms with van der Waals surface area (Å²) >= 11 is 0. The van der Waals surface area contributed by atoms with Crippen LogP contribution in [0.3, 0.4) is 0 Å². The second kappa shape index (κ2) is 7.94. The van der Waals surface area contributed by atoms with Crippen molar-refractivity contribution in [3.63, 3.8) is 0 Å². The van der Waals surface area contributed by atoms with Gasteiger partial charge in [0.1, 0.15) is 0 Å². The molecule has 0 aromatic heterocycles. The maximum absolute atomic E-state index is 12.2. The van der Waals surface area contributed by atoms with Gasteiger partial charge in [-0.1, -0.05) is 17.7 Å². The molecule has 0 radical (unpaired) electrons. The van der Waals surface area contributed by atoms with Gasteiger partial charge >= 0.3 is 0 Å². The molecular formula is C20H24N3O2+. The molecule has 5 nitrogen and oxygen atoms in total. The highest BCUT2D eigenvalue weighted by Gasteiger charge is 2.18. The van der Waals surface area contributed by atoms with E-state index in [-0.39, 0.29) is 11.8 Å². The second-order valence-corrected chi connectivity index (χ2v) is 6.58. The Labute approximate surface area is 148 Å². The van der Waals surface area contributed by atoms with Crippen LogP contribution in [0.1, 0.15) is 28.8 Å². The minimum Gasteiger partial charge on any atom is -0.327 e. The Morgan fingerprint density at radius 2 is 1.60 bits per heavy atom. The molecule has 2 amide bonds. The van der Waals surface area contributed by atoms with E-state index < -0.39 is 0 Å². The summed E-state index contributed by atoms with van der Waals surface area (Å²) in [6.07, 6.45) is 2.41. The molecule has 3 rings (SSSR count). The number of carbonyl (C=O) groups is 2. The van der Waals surface area contributed by atoms with E-state index in [0.717, 1.165) is 24.3 Å². The van der Waals surface area contributed by atoms with Gasteiger partial charge in [-0.2, -0.15) is 0 Å². The topological polar surface area (TPSA) is 62.6 Å². The molecule has 5 heteroatoms. The van der Waals surface area contributed by atoms with Gasteiger partial charge in [0.15, 0.2) is 6.54 Å². The van der Waals surface area contributed by atoms with Crippen molar-refractivity contribution in [1.82, 2.24) is 0 Å². The molecule has 3 N–H and O–H groups in total. The maximum atomic E-state index is 12.2. The minimum atomic E-state index is -0.141. The first kappa shape index (κ1) is 17.2. The zero-order chi connectivity index (χ0) is 17.6. The van der Waals surface area contributed by atoms with Gasteiger partial charge in [-0.25, -0.2) is 0 Å². The van der Waals surface area contributed by atoms with Gasteiger partial charge in [0.25, 0.3) is 11.8 Å². The average Bonchev–Trinajstić information content (AvgIpc) is 3.09. The second-order valence-electron chi connectivity index (χ2n) is 6.58. The Bertz CT molecular complexity index is 750. The van der Waals surface area contributed by atoms with Gasteiger partial charge in [-0.15, -0.1) is 0 Å². The number of rotatable bonds is 5. The van der Waals surface area contributed by atoms with Crippen LogP contribution in [0.25, 0.3) is 0 Å². The summed E-state index contributed by atoms with van der Waals surface area (Å²) in [5.74, 6) is -0.105. The molecule has 1 saturated heterocycles. The third-order valence-corrected chi connectivity index (χ3v) is 4.43. The Balaban J connectivity index is 1.54. The highest BCUT2D eigenvalue weighted by atomic mass is 16.2. The van der Waals surface area contributed by atoms with Crippen LogP contribution in [0.4, 0.5) is 11.4 Å². The number of carbonyl (C=O) groups excluding carboxylic acids is 2. The summed E-state index contributed by atoms with van der Waals surface area (Å²) in [7, 11) is 0. The van der Waals surface area contributed by atoms with Gasteiger partial charge in [-0.05, 0) is 43.3 Å². The van der Waals surface area contributed by atoms with Crippen molar-refractivity contribution >= 4 is 23.2 Å². The molecule has 1 aliphatic rings. The van der Waals surface area contributed by atoms with Crippen LogP contribution >= 0.6 is 0 Å². The zero-order valence-electron chi connectivity index (χ0n) is 14.5. The first-order valence-electron chi connectivity index (χ1n) is 8.72. The van der Waals surface area contributed by atoms with Crippen molar-refractivity contribution in [2.45, 2.75) is 19.8 Å². The third-order valence-electron chi connectivity index (χ3n) is 4.43. The molecule has 2 aromatic carbocycles. The molecule has 130 valence electrons. The number of anilines is 2. The summed E-state index contributed by atoms with van der Waals surface area (Å²) in [5.41, 5.74) is 3.13. The lowest BCUT2D eigenvalue weighted by atomic mass is 10.1. The van der Waals surface area contributed by atoms with E-state index in [4.69, 9.17) is 0 Å². The fraction of sp³-hybridized carbons (Fsp3) is 0.300. The molecule has 0 bridgehead atoms. The van der Waals surface area contributed by atoms with Gasteiger partial charge < -0.3 is 15.5 Å². The molecule has 0 saturated carbocycles. The third kappa shape index (κ3) is 4.90. The molecule has 0 spiro atoms. The average molecular weight is 338 g/mol. The van der Waals surface area contributed by atoms with Crippen molar-refractivity contribution in [3.05, 3.63) is 59.7 Å². The summed E-state index contributed by atoms with van der Waals surface area (Å²) < 4.78 is 0. The van der Waals surface area contributed by atoms with Crippen LogP contribution in [-0.2, 0) is 4.79 Å². The molecule has 1 aliphatic heterocycles. The van der Waals surface area contributed by atoms with Crippen molar-refractivity contribution in [3.8, 4) is 0 Å². The number of nitrogens with one attached hydrogen (secondary N) is 3. The molecule has 25 heavy (non-hydrogen) atoms. The van der Waals surface area contributed by atoms with Crippen molar-refractivity contribution < 1.29 is 14.5 Å². The Kier molecular flexibility index (Phi) is 5.46. The molecule has 1 heterocycles. The Morgan fingerprint density at radius 3 is 2.24 bits per heavy atom. The van der Waals surface area contributed by atoms with Crippen molar-refractivity contribution in [2.24, 2.45) is 0 Å². The summed E-state index contributed by atoms with van der Waals surface area (Å²) in [4.78, 5) is 25.6. The quantitative estimate of drug-likeness (QED) is 0.779. The van der Waals surface area contributed by atoms with E-state index in [1.54, 1.807) is 18.2 Å². The first-order valence-corrected chi connectivity index (χ1v) is 8.72. The predicted octanol–water partition coefficient (Wildman–Crippen LogP) is 1.86. The summed E-state index contributed by atoms with van der Waals surface area (Å²) in [6, 6.07) is 14.7. The molecular weight excluding hydrogens is 314 g/mol. The number of aryl methyl sites for hydroxylation is 1. The molecule has 1 fully saturated rings. The number of amides is 2. The maximum Gasteiger partial charge on any atom is 0.279 e. The van der Waals surface area contributed by atoms with E-state index in [0.29, 0.717) is 17.8 Å². The standard InChI is InChI=1S/C20H23N3O2/c1-15-5-4-6-16(13-15)20(25)22-18-9-7-17(8-10-18)21-19(24)14-23-11-2-3-12-23/h4-10,13H,2-3,11-12,14H2,1H3,(H,21,24)(H,22,25)/p+1. The summed E-state index contributed by atoms with van der Waals surface area (Å²) in [6.45, 7) is 4.64. The van der Waals surface area contributed by atoms with E-state index >= 15 is 0 Å². The van der Waals surface area contributed by atoms with Crippen LogP contribution in [0.5, 0.6) is 0 Å². The number of benzene rings is 2. The first-order chi connectivity index (χ1) is 12.1. The monoisotopic (exact) mass is 338 g/mol. The van der Waals surface area contributed by atoms with Crippen molar-refractivity contribution in [1.29, 1.82) is 0 Å². The van der Waals surface area contributed by atoms with E-state index in [2.05, 4.69) is 10.6 Å². The number of likely N-dealkylation sites (tertiary alicyclic amines) is 1. The predicted molar refractivity (Wildman–Crippen MR) is 99.0 cm³/mol. The number of quaternary nitrogens is 1. The largest absolute Gasteiger partial charge is 0.327 e. The van der Waals surface area contributed by atoms with E-state index in [9.17, 15) is 9.59 Å². The van der Waals surface area contributed by atoms with E-state index in [1.165, 1.54) is 17.7 Å². The minimum absolute atomic E-state index is 0.0356. The molecule has 0 unspecified atom stereocenters. The highest BCUT2D eigenvalue weighted by molar-refractivity contribution is 6.04. The number of hydrogen-bond donors (Lipinski definition) is 3. The smallest absolute Gasteiger partial charge is 0.279 e. The highest BCUT2D eigenvalue weighted by Crippen LogP contribution is 2.15. The van der Waals surface area contributed by atoms with Gasteiger partial charge in [0, 0.05) is 29.8 Å². The van der Waals surface area contributed by atoms with Gasteiger partial charge in [0.05, 0.1) is 13.1 Å². The van der Waals surface area contributed by atoms with Crippen molar-refractivity contribution in [2.75, 3.05) is 30.3 Å². The van der Waals surface area contributed by atoms with Crippen LogP contribution in [0.15, 0.2) is 48.5 Å². The van der Waals surface area contributed by atoms with Crippen LogP contribution in [-0.4, -0.2) is 31.4 Å². The lowest BCUT2D eigenvalue weighted by Gasteiger charge is -2.12. The Morgan fingerprint density at radius 1 is 0.960 bits per heavy atom. The normalized spacial score (nSPS) is 14.3. The SMILES string of the molecule is Cc1cccc(C(=O)Nc2ccc(NC(=O)C[NH+]3CCCC3)cc2)c1. The zero-order valence-corrected chi connectivity index (χ0v) is 14.5. The lowest BCUT2D eigenvalue weighted by Crippen LogP contribution is -3.11. The number of hydrogen-bond acceptors (Lipinski definition) is 2. The summed E-state index contributed by atoms with van der Waals surface area (Å²) in [5, 5.41) is 5.78. The molecule has 0 aliphatic carbocycles. The van der Waals surface area contributed by atoms with Crippen LogP contribution in [0, 0.1) is 6.92 Å². The lowest BCUT2D eigenvalue weighted by molar-refractivity contribution is -0.878. The van der Waals surface area contributed by atoms with Gasteiger partial charge in [-0.3, -0.25) is 9.59 Å². The molecule has 2 aromatic rings. The van der Waals surface area contributed by atoms with Gasteiger partial charge in [0.2, 0.25) is 0 Å². The fourth-order valence-corrected chi connectivity index (χ4v) is 3.11. The molecule has 0 atom stereocenters. The van der Waals surface area contributed by atoms with E-state index in [1.807, 2.05) is 37.3 Å².